The number of esters is 1. The summed E-state index contributed by atoms with van der Waals surface area (Å²) in [7, 11) is -0.292. The fourth-order valence-corrected chi connectivity index (χ4v) is 0.796. The van der Waals surface area contributed by atoms with Crippen molar-refractivity contribution in [2.45, 2.75) is 6.54 Å². The average Bonchev–Trinajstić information content (AvgIpc) is 2.52. The molecule has 0 spiro atoms. The summed E-state index contributed by atoms with van der Waals surface area (Å²) in [6.07, 6.45) is 2.63. The van der Waals surface area contributed by atoms with Crippen LogP contribution in [0.4, 0.5) is 0 Å². The van der Waals surface area contributed by atoms with Crippen molar-refractivity contribution in [3.05, 3.63) is 12.4 Å². The molecule has 70 valence electrons. The van der Waals surface area contributed by atoms with Gasteiger partial charge in [-0.2, -0.15) is 5.10 Å². The van der Waals surface area contributed by atoms with Gasteiger partial charge in [-0.15, -0.1) is 0 Å². The normalized spacial score (nSPS) is 9.77. The molecule has 0 saturated carbocycles. The Hall–Kier alpha value is -1.34. The van der Waals surface area contributed by atoms with Gasteiger partial charge in [0.05, 0.1) is 7.11 Å². The molecular weight excluding hydrogens is 175 g/mol. The molecule has 0 aromatic carbocycles. The van der Waals surface area contributed by atoms with E-state index in [9.17, 15) is 4.79 Å². The molecular formula is C6H9BN2O4. The minimum Gasteiger partial charge on any atom is -0.468 e. The third-order valence-electron chi connectivity index (χ3n) is 1.47. The maximum atomic E-state index is 10.8. The van der Waals surface area contributed by atoms with Crippen LogP contribution in [0, 0.1) is 0 Å². The Bertz CT molecular complexity index is 299. The van der Waals surface area contributed by atoms with Crippen molar-refractivity contribution in [3.8, 4) is 0 Å². The monoisotopic (exact) mass is 184 g/mol. The number of rotatable bonds is 3. The Balaban J connectivity index is 2.64. The third-order valence-corrected chi connectivity index (χ3v) is 1.47. The van der Waals surface area contributed by atoms with Crippen LogP contribution < -0.4 is 5.46 Å². The van der Waals surface area contributed by atoms with Crippen LogP contribution in [-0.2, 0) is 16.1 Å². The van der Waals surface area contributed by atoms with Crippen LogP contribution in [0.3, 0.4) is 0 Å². The highest BCUT2D eigenvalue weighted by atomic mass is 16.5. The highest BCUT2D eigenvalue weighted by molar-refractivity contribution is 6.58. The highest BCUT2D eigenvalue weighted by Crippen LogP contribution is 1.86. The molecule has 0 aliphatic heterocycles. The molecule has 0 unspecified atom stereocenters. The Kier molecular flexibility index (Phi) is 3.05. The lowest BCUT2D eigenvalue weighted by Crippen LogP contribution is -2.28. The highest BCUT2D eigenvalue weighted by Gasteiger charge is 2.13. The molecule has 0 radical (unpaired) electrons. The molecule has 7 heteroatoms. The van der Waals surface area contributed by atoms with Gasteiger partial charge in [-0.05, 0) is 0 Å². The van der Waals surface area contributed by atoms with E-state index in [2.05, 4.69) is 9.84 Å². The second-order valence-electron chi connectivity index (χ2n) is 2.42. The second-order valence-corrected chi connectivity index (χ2v) is 2.42. The summed E-state index contributed by atoms with van der Waals surface area (Å²) in [6, 6.07) is 0. The van der Waals surface area contributed by atoms with Crippen LogP contribution in [0.5, 0.6) is 0 Å². The predicted octanol–water partition coefficient (Wildman–Crippen LogP) is -2.26. The fraction of sp³-hybridized carbons (Fsp3) is 0.333. The number of aromatic nitrogens is 2. The van der Waals surface area contributed by atoms with E-state index in [4.69, 9.17) is 10.0 Å². The zero-order valence-electron chi connectivity index (χ0n) is 7.04. The first kappa shape index (κ1) is 9.75. The molecule has 1 aromatic heterocycles. The number of hydrogen-bond acceptors (Lipinski definition) is 5. The van der Waals surface area contributed by atoms with Crippen LogP contribution in [-0.4, -0.2) is 40.0 Å². The van der Waals surface area contributed by atoms with Crippen LogP contribution in [0.1, 0.15) is 0 Å². The summed E-state index contributed by atoms with van der Waals surface area (Å²) in [5, 5.41) is 21.2. The van der Waals surface area contributed by atoms with E-state index in [0.29, 0.717) is 0 Å². The first-order chi connectivity index (χ1) is 6.13. The van der Waals surface area contributed by atoms with Gasteiger partial charge in [-0.25, -0.2) is 0 Å². The van der Waals surface area contributed by atoms with Gasteiger partial charge in [0, 0.05) is 17.9 Å². The molecule has 0 fully saturated rings. The molecule has 2 N–H and O–H groups in total. The SMILES string of the molecule is COC(=O)Cn1cc(B(O)O)cn1. The zero-order valence-corrected chi connectivity index (χ0v) is 7.04. The summed E-state index contributed by atoms with van der Waals surface area (Å²) in [6.45, 7) is -0.0385. The van der Waals surface area contributed by atoms with Gasteiger partial charge >= 0.3 is 13.1 Å². The van der Waals surface area contributed by atoms with E-state index >= 15 is 0 Å². The first-order valence-electron chi connectivity index (χ1n) is 3.59. The maximum absolute atomic E-state index is 10.8. The minimum atomic E-state index is -1.56. The van der Waals surface area contributed by atoms with Gasteiger partial charge in [0.2, 0.25) is 0 Å². The Morgan fingerprint density at radius 3 is 2.92 bits per heavy atom. The molecule has 0 atom stereocenters. The summed E-state index contributed by atoms with van der Waals surface area (Å²) in [4.78, 5) is 10.8. The Morgan fingerprint density at radius 1 is 1.77 bits per heavy atom. The van der Waals surface area contributed by atoms with Gasteiger partial charge in [-0.1, -0.05) is 0 Å². The van der Waals surface area contributed by atoms with Crippen molar-refractivity contribution in [1.82, 2.24) is 9.78 Å². The zero-order chi connectivity index (χ0) is 9.84. The lowest BCUT2D eigenvalue weighted by molar-refractivity contribution is -0.141. The number of carbonyl (C=O) groups is 1. The summed E-state index contributed by atoms with van der Waals surface area (Å²) < 4.78 is 5.66. The summed E-state index contributed by atoms with van der Waals surface area (Å²) in [5.41, 5.74) is 0.240. The van der Waals surface area contributed by atoms with Crippen LogP contribution >= 0.6 is 0 Å². The van der Waals surface area contributed by atoms with Gasteiger partial charge in [0.25, 0.3) is 0 Å². The third kappa shape index (κ3) is 2.57. The van der Waals surface area contributed by atoms with Crippen molar-refractivity contribution in [1.29, 1.82) is 0 Å². The van der Waals surface area contributed by atoms with Gasteiger partial charge in [0.15, 0.2) is 0 Å². The average molecular weight is 184 g/mol. The second kappa shape index (κ2) is 4.06. The summed E-state index contributed by atoms with van der Waals surface area (Å²) >= 11 is 0. The molecule has 1 heterocycles. The molecule has 1 rings (SSSR count). The lowest BCUT2D eigenvalue weighted by Gasteiger charge is -1.97. The quantitative estimate of drug-likeness (QED) is 0.409. The van der Waals surface area contributed by atoms with E-state index in [1.54, 1.807) is 0 Å². The van der Waals surface area contributed by atoms with E-state index in [0.717, 1.165) is 0 Å². The maximum Gasteiger partial charge on any atom is 0.491 e. The molecule has 0 bridgehead atoms. The van der Waals surface area contributed by atoms with E-state index in [1.165, 1.54) is 24.2 Å². The number of carbonyl (C=O) groups excluding carboxylic acids is 1. The van der Waals surface area contributed by atoms with E-state index in [-0.39, 0.29) is 12.0 Å². The molecule has 1 aromatic rings. The van der Waals surface area contributed by atoms with E-state index < -0.39 is 13.1 Å². The van der Waals surface area contributed by atoms with Crippen LogP contribution in [0.15, 0.2) is 12.4 Å². The number of ether oxygens (including phenoxy) is 1. The van der Waals surface area contributed by atoms with Gasteiger partial charge in [-0.3, -0.25) is 9.48 Å². The molecule has 6 nitrogen and oxygen atoms in total. The topological polar surface area (TPSA) is 84.6 Å². The summed E-state index contributed by atoms with van der Waals surface area (Å²) in [5.74, 6) is -0.443. The number of methoxy groups -OCH3 is 1. The Morgan fingerprint density at radius 2 is 2.46 bits per heavy atom. The van der Waals surface area contributed by atoms with Crippen molar-refractivity contribution in [3.63, 3.8) is 0 Å². The Labute approximate surface area is 74.9 Å². The molecule has 0 saturated heterocycles. The predicted molar refractivity (Wildman–Crippen MR) is 44.1 cm³/mol. The van der Waals surface area contributed by atoms with Crippen LogP contribution in [0.2, 0.25) is 0 Å². The fourth-order valence-electron chi connectivity index (χ4n) is 0.796. The smallest absolute Gasteiger partial charge is 0.468 e. The molecule has 0 aliphatic carbocycles. The van der Waals surface area contributed by atoms with E-state index in [1.807, 2.05) is 0 Å². The molecule has 0 amide bonds. The van der Waals surface area contributed by atoms with Gasteiger partial charge in [0.1, 0.15) is 6.54 Å². The minimum absolute atomic E-state index is 0.0385. The van der Waals surface area contributed by atoms with Crippen LogP contribution in [0.25, 0.3) is 0 Å². The largest absolute Gasteiger partial charge is 0.491 e. The first-order valence-corrected chi connectivity index (χ1v) is 3.59. The van der Waals surface area contributed by atoms with Crippen molar-refractivity contribution < 1.29 is 19.6 Å². The standard InChI is InChI=1S/C6H9BN2O4/c1-13-6(10)4-9-3-5(2-8-9)7(11)12/h2-3,11-12H,4H2,1H3. The number of nitrogens with zero attached hydrogens (tertiary/aromatic N) is 2. The number of hydrogen-bond donors (Lipinski definition) is 2. The molecule has 13 heavy (non-hydrogen) atoms. The van der Waals surface area contributed by atoms with Crippen molar-refractivity contribution in [2.24, 2.45) is 0 Å². The lowest BCUT2D eigenvalue weighted by atomic mass is 9.83. The van der Waals surface area contributed by atoms with Gasteiger partial charge < -0.3 is 14.8 Å². The van der Waals surface area contributed by atoms with Crippen molar-refractivity contribution >= 4 is 18.6 Å². The van der Waals surface area contributed by atoms with Crippen molar-refractivity contribution in [2.75, 3.05) is 7.11 Å². The molecule has 0 aliphatic rings.